The monoisotopic (exact) mass is 391 g/mol. The molecule has 0 bridgehead atoms. The van der Waals surface area contributed by atoms with E-state index in [0.717, 1.165) is 16.4 Å². The van der Waals surface area contributed by atoms with Crippen molar-refractivity contribution in [3.63, 3.8) is 0 Å². The summed E-state index contributed by atoms with van der Waals surface area (Å²) in [5, 5.41) is 0. The number of ether oxygens (including phenoxy) is 2. The Bertz CT molecular complexity index is 448. The van der Waals surface area contributed by atoms with Gasteiger partial charge >= 0.3 is 6.09 Å². The normalized spacial score (nSPS) is 13.0. The largest absolute Gasteiger partial charge is 0.443 e. The zero-order valence-corrected chi connectivity index (χ0v) is 14.3. The van der Waals surface area contributed by atoms with E-state index in [2.05, 4.69) is 34.7 Å². The average Bonchev–Trinajstić information content (AvgIpc) is 2.34. The van der Waals surface area contributed by atoms with Crippen molar-refractivity contribution in [2.45, 2.75) is 38.2 Å². The molecule has 0 aliphatic heterocycles. The Kier molecular flexibility index (Phi) is 6.75. The van der Waals surface area contributed by atoms with Gasteiger partial charge < -0.3 is 15.2 Å². The first kappa shape index (κ1) is 17.2. The van der Waals surface area contributed by atoms with Crippen LogP contribution in [-0.2, 0) is 9.47 Å². The van der Waals surface area contributed by atoms with Gasteiger partial charge in [-0.25, -0.2) is 4.79 Å². The van der Waals surface area contributed by atoms with Gasteiger partial charge in [-0.1, -0.05) is 18.2 Å². The number of carbonyl (C=O) groups is 1. The lowest BCUT2D eigenvalue weighted by molar-refractivity contribution is 0.0191. The van der Waals surface area contributed by atoms with E-state index in [9.17, 15) is 4.79 Å². The summed E-state index contributed by atoms with van der Waals surface area (Å²) >= 11 is 2.31. The van der Waals surface area contributed by atoms with Crippen LogP contribution in [0.25, 0.3) is 0 Å². The molecule has 0 unspecified atom stereocenters. The summed E-state index contributed by atoms with van der Waals surface area (Å²) in [6.45, 7) is 4.49. The number of rotatable bonds is 7. The molecule has 112 valence electrons. The van der Waals surface area contributed by atoms with E-state index in [4.69, 9.17) is 15.2 Å². The van der Waals surface area contributed by atoms with Gasteiger partial charge in [0, 0.05) is 23.2 Å². The zero-order valence-electron chi connectivity index (χ0n) is 12.2. The van der Waals surface area contributed by atoms with Crippen molar-refractivity contribution in [2.24, 2.45) is 5.73 Å². The number of primary amides is 1. The molecule has 0 aromatic heterocycles. The van der Waals surface area contributed by atoms with Gasteiger partial charge in [-0.05, 0) is 60.9 Å². The van der Waals surface area contributed by atoms with Crippen molar-refractivity contribution >= 4 is 28.7 Å². The molecule has 0 radical (unpaired) electrons. The van der Waals surface area contributed by atoms with Gasteiger partial charge in [-0.15, -0.1) is 0 Å². The molecule has 4 nitrogen and oxygen atoms in total. The third-order valence-electron chi connectivity index (χ3n) is 3.32. The number of benzene rings is 1. The maximum Gasteiger partial charge on any atom is 0.405 e. The standard InChI is InChI=1S/C15H22INO3/c1-15(2,20-14(17)18)12(8-6-10-19-3)11-7-4-5-9-13(11)16/h4-5,7,9,12H,6,8,10H2,1-3H3,(H2,17,18)/t12-/m0/s1. The Balaban J connectivity index is 3.01. The molecule has 2 N–H and O–H groups in total. The maximum atomic E-state index is 11.1. The molecule has 1 amide bonds. The lowest BCUT2D eigenvalue weighted by Crippen LogP contribution is -2.37. The summed E-state index contributed by atoms with van der Waals surface area (Å²) in [6, 6.07) is 8.13. The Morgan fingerprint density at radius 2 is 2.05 bits per heavy atom. The fourth-order valence-corrected chi connectivity index (χ4v) is 3.16. The van der Waals surface area contributed by atoms with Crippen LogP contribution in [0, 0.1) is 3.57 Å². The summed E-state index contributed by atoms with van der Waals surface area (Å²) in [4.78, 5) is 11.1. The van der Waals surface area contributed by atoms with E-state index >= 15 is 0 Å². The van der Waals surface area contributed by atoms with Crippen molar-refractivity contribution in [2.75, 3.05) is 13.7 Å². The highest BCUT2D eigenvalue weighted by molar-refractivity contribution is 14.1. The van der Waals surface area contributed by atoms with Crippen LogP contribution in [0.5, 0.6) is 0 Å². The van der Waals surface area contributed by atoms with Crippen LogP contribution >= 0.6 is 22.6 Å². The highest BCUT2D eigenvalue weighted by Crippen LogP contribution is 2.37. The van der Waals surface area contributed by atoms with Gasteiger partial charge in [-0.3, -0.25) is 0 Å². The highest BCUT2D eigenvalue weighted by atomic mass is 127. The zero-order chi connectivity index (χ0) is 15.2. The van der Waals surface area contributed by atoms with Gasteiger partial charge in [0.25, 0.3) is 0 Å². The first-order valence-corrected chi connectivity index (χ1v) is 7.68. The average molecular weight is 391 g/mol. The summed E-state index contributed by atoms with van der Waals surface area (Å²) in [6.07, 6.45) is 1.03. The minimum absolute atomic E-state index is 0.0817. The van der Waals surface area contributed by atoms with E-state index in [0.29, 0.717) is 6.61 Å². The first-order valence-electron chi connectivity index (χ1n) is 6.60. The molecule has 0 spiro atoms. The molecular weight excluding hydrogens is 369 g/mol. The minimum atomic E-state index is -0.738. The summed E-state index contributed by atoms with van der Waals surface area (Å²) in [5.74, 6) is 0.0817. The van der Waals surface area contributed by atoms with E-state index in [-0.39, 0.29) is 5.92 Å². The minimum Gasteiger partial charge on any atom is -0.443 e. The van der Waals surface area contributed by atoms with Crippen LogP contribution in [0.15, 0.2) is 24.3 Å². The fourth-order valence-electron chi connectivity index (χ4n) is 2.40. The Morgan fingerprint density at radius 1 is 1.40 bits per heavy atom. The quantitative estimate of drug-likeness (QED) is 0.570. The number of hydrogen-bond acceptors (Lipinski definition) is 3. The molecule has 1 aromatic rings. The van der Waals surface area contributed by atoms with Crippen LogP contribution in [0.2, 0.25) is 0 Å². The molecule has 0 saturated heterocycles. The van der Waals surface area contributed by atoms with Crippen LogP contribution in [-0.4, -0.2) is 25.4 Å². The van der Waals surface area contributed by atoms with E-state index < -0.39 is 11.7 Å². The second-order valence-electron chi connectivity index (χ2n) is 5.23. The number of carbonyl (C=O) groups excluding carboxylic acids is 1. The summed E-state index contributed by atoms with van der Waals surface area (Å²) < 4.78 is 11.6. The van der Waals surface area contributed by atoms with Gasteiger partial charge in [0.2, 0.25) is 0 Å². The van der Waals surface area contributed by atoms with Gasteiger partial charge in [-0.2, -0.15) is 0 Å². The second-order valence-corrected chi connectivity index (χ2v) is 6.40. The third kappa shape index (κ3) is 4.94. The van der Waals surface area contributed by atoms with Gasteiger partial charge in [0.15, 0.2) is 0 Å². The molecule has 0 heterocycles. The lowest BCUT2D eigenvalue weighted by atomic mass is 9.81. The number of methoxy groups -OCH3 is 1. The smallest absolute Gasteiger partial charge is 0.405 e. The van der Waals surface area contributed by atoms with E-state index in [1.54, 1.807) is 7.11 Å². The summed E-state index contributed by atoms with van der Waals surface area (Å²) in [7, 11) is 1.69. The molecule has 1 rings (SSSR count). The van der Waals surface area contributed by atoms with Crippen molar-refractivity contribution in [1.29, 1.82) is 0 Å². The van der Waals surface area contributed by atoms with Crippen molar-refractivity contribution in [3.8, 4) is 0 Å². The molecule has 1 aromatic carbocycles. The first-order chi connectivity index (χ1) is 9.38. The molecule has 20 heavy (non-hydrogen) atoms. The van der Waals surface area contributed by atoms with Crippen molar-refractivity contribution < 1.29 is 14.3 Å². The molecule has 5 heteroatoms. The molecule has 0 fully saturated rings. The molecular formula is C15H22INO3. The van der Waals surface area contributed by atoms with Crippen LogP contribution in [0.4, 0.5) is 4.79 Å². The van der Waals surface area contributed by atoms with Gasteiger partial charge in [0.1, 0.15) is 5.60 Å². The third-order valence-corrected chi connectivity index (χ3v) is 4.31. The maximum absolute atomic E-state index is 11.1. The van der Waals surface area contributed by atoms with Crippen LogP contribution in [0.3, 0.4) is 0 Å². The Labute approximate surface area is 134 Å². The molecule has 0 aliphatic carbocycles. The van der Waals surface area contributed by atoms with Crippen LogP contribution < -0.4 is 5.73 Å². The lowest BCUT2D eigenvalue weighted by Gasteiger charge is -2.34. The Morgan fingerprint density at radius 3 is 2.60 bits per heavy atom. The SMILES string of the molecule is COCCC[C@@H](c1ccccc1I)C(C)(C)OC(N)=O. The van der Waals surface area contributed by atoms with E-state index in [1.165, 1.54) is 5.56 Å². The number of halogens is 1. The molecule has 0 saturated carbocycles. The van der Waals surface area contributed by atoms with Crippen molar-refractivity contribution in [1.82, 2.24) is 0 Å². The predicted octanol–water partition coefficient (Wildman–Crippen LogP) is 3.68. The molecule has 1 atom stereocenters. The molecule has 0 aliphatic rings. The second kappa shape index (κ2) is 7.83. The van der Waals surface area contributed by atoms with E-state index in [1.807, 2.05) is 26.0 Å². The van der Waals surface area contributed by atoms with Gasteiger partial charge in [0.05, 0.1) is 0 Å². The van der Waals surface area contributed by atoms with Crippen molar-refractivity contribution in [3.05, 3.63) is 33.4 Å². The predicted molar refractivity (Wildman–Crippen MR) is 87.8 cm³/mol. The topological polar surface area (TPSA) is 61.6 Å². The number of hydrogen-bond donors (Lipinski definition) is 1. The fraction of sp³-hybridized carbons (Fsp3) is 0.533. The number of nitrogens with two attached hydrogens (primary N) is 1. The number of amides is 1. The van der Waals surface area contributed by atoms with Crippen LogP contribution in [0.1, 0.15) is 38.2 Å². The summed E-state index contributed by atoms with van der Waals surface area (Å²) in [5.41, 5.74) is 5.72. The highest BCUT2D eigenvalue weighted by Gasteiger charge is 2.34. The Hall–Kier alpha value is -0.820.